The van der Waals surface area contributed by atoms with Crippen LogP contribution in [0.2, 0.25) is 0 Å². The second-order valence-electron chi connectivity index (χ2n) is 35.9. The van der Waals surface area contributed by atoms with E-state index < -0.39 is 36.3 Å². The molecule has 18 amide bonds. The van der Waals surface area contributed by atoms with Gasteiger partial charge in [0.2, 0.25) is 0 Å². The molecule has 0 radical (unpaired) electrons. The maximum Gasteiger partial charge on any atom is 0.345 e. The first kappa shape index (κ1) is 98.8. The number of hydroxylamine groups is 18. The summed E-state index contributed by atoms with van der Waals surface area (Å²) in [7, 11) is 19.1. The van der Waals surface area contributed by atoms with Crippen molar-refractivity contribution in [3.05, 3.63) is 0 Å². The summed E-state index contributed by atoms with van der Waals surface area (Å²) in [4.78, 5) is 229. The summed E-state index contributed by atoms with van der Waals surface area (Å²) >= 11 is 0. The molecule has 17 aliphatic rings. The summed E-state index contributed by atoms with van der Waals surface area (Å²) in [5.74, 6) is -0.989. The Morgan fingerprint density at radius 1 is 0.297 bits per heavy atom. The van der Waals surface area contributed by atoms with Crippen molar-refractivity contribution < 1.29 is 116 Å². The van der Waals surface area contributed by atoms with Crippen LogP contribution >= 0.6 is 0 Å². The molecule has 0 aliphatic carbocycles. The Morgan fingerprint density at radius 3 is 0.867 bits per heavy atom. The number of nitrogens with one attached hydrogen (secondary N) is 6. The number of hydrogen-bond donors (Lipinski definition) is 6. The maximum absolute atomic E-state index is 12.3. The molecule has 17 rings (SSSR count). The molecule has 0 aromatic heterocycles. The number of rotatable bonds is 31. The Morgan fingerprint density at radius 2 is 0.594 bits per heavy atom. The Balaban J connectivity index is 0.000000139. The van der Waals surface area contributed by atoms with Gasteiger partial charge in [0.05, 0.1) is 118 Å². The van der Waals surface area contributed by atoms with Crippen LogP contribution in [0.25, 0.3) is 0 Å². The van der Waals surface area contributed by atoms with Crippen molar-refractivity contribution in [3.8, 4) is 0 Å². The molecule has 722 valence electrons. The zero-order valence-electron chi connectivity index (χ0n) is 76.5. The van der Waals surface area contributed by atoms with Crippen LogP contribution in [-0.4, -0.2) is 449 Å². The summed E-state index contributed by atoms with van der Waals surface area (Å²) in [5, 5.41) is 8.16. The van der Waals surface area contributed by atoms with E-state index in [0.29, 0.717) is 135 Å². The lowest BCUT2D eigenvalue weighted by Crippen LogP contribution is -2.52. The lowest BCUT2D eigenvalue weighted by Gasteiger charge is -2.37. The molecule has 47 heteroatoms. The zero-order valence-corrected chi connectivity index (χ0v) is 76.5. The van der Waals surface area contributed by atoms with Crippen LogP contribution < -0.4 is 32.9 Å². The van der Waals surface area contributed by atoms with Crippen LogP contribution in [0.3, 0.4) is 0 Å². The number of likely N-dealkylation sites (N-methyl/N-ethyl adjacent to an activating group) is 4. The van der Waals surface area contributed by atoms with Crippen LogP contribution in [0.1, 0.15) is 148 Å². The third-order valence-electron chi connectivity index (χ3n) is 27.6. The van der Waals surface area contributed by atoms with Gasteiger partial charge in [-0.05, 0) is 177 Å². The van der Waals surface area contributed by atoms with Crippen LogP contribution in [0.4, 0.5) is 28.8 Å². The van der Waals surface area contributed by atoms with Crippen molar-refractivity contribution in [1.82, 2.24) is 117 Å². The van der Waals surface area contributed by atoms with Crippen molar-refractivity contribution in [2.45, 2.75) is 245 Å². The Bertz CT molecular complexity index is 3760. The standard InChI is InChI=1S/C15H26N4O4.C14H24N4O4.3C13H22N4O4.C13H23N3O4/c1-17-8-4-3-5-12(17)10-23-16-14(20)13-7-6-11-9-18(13)15(21)19(11)22-2;1-16-7-3-4-11(16)9-22-15-13(19)12-6-5-10-8-17(12)14(20)18(10)21-2;1-15-5-9(6-15)8-21-14-12(18)11-4-3-10-7-16(11)13(19)17(10)20-2;1-15-6-5-10(15)8-21-14-12(18)11-4-3-9-7-16(11)13(19)17(9)20-2;1-15-6-5-10(8-15)21-14-12(18)11-4-3-9-7-16(11)13(19)17(9)20-2;1-3-4-5-8-20-14-12(17)11-7-6-10-9-15(11)13(18)16(10)19-2/h11-13H,3-10H2,1-2H3,(H,16,20);10-12H,3-9H2,1-2H3,(H,15,19);3*9-11H,3-8H2,1-2H3,(H,14,18);10-11H,3-9H2,1-2H3,(H,14,17)/t11-,12+,13+;10-,11-,12+;10-,11+;2*9-,10+,11+;10-,11+/m111111/s1. The average molecular weight is 1820 g/mol. The highest BCUT2D eigenvalue weighted by Gasteiger charge is 2.54. The number of hydrogen-bond acceptors (Lipinski definition) is 29. The van der Waals surface area contributed by atoms with Crippen LogP contribution in [0.15, 0.2) is 0 Å². The lowest BCUT2D eigenvalue weighted by molar-refractivity contribution is -0.143. The number of carbonyl (C=O) groups excluding carboxylic acids is 12. The van der Waals surface area contributed by atoms with Gasteiger partial charge in [0.15, 0.2) is 0 Å². The third kappa shape index (κ3) is 23.6. The van der Waals surface area contributed by atoms with Crippen molar-refractivity contribution >= 4 is 71.6 Å². The normalized spacial score (nSPS) is 30.7. The molecule has 17 saturated heterocycles. The molecule has 17 aliphatic heterocycles. The minimum atomic E-state index is -0.469. The molecule has 128 heavy (non-hydrogen) atoms. The number of amides is 18. The minimum absolute atomic E-state index is 0.0278. The first-order valence-corrected chi connectivity index (χ1v) is 45.6. The molecule has 17 heterocycles. The monoisotopic (exact) mass is 1820 g/mol. The predicted molar refractivity (Wildman–Crippen MR) is 450 cm³/mol. The summed E-state index contributed by atoms with van der Waals surface area (Å²) in [6.07, 6.45) is 19.3. The summed E-state index contributed by atoms with van der Waals surface area (Å²) in [5.41, 5.74) is 15.0. The van der Waals surface area contributed by atoms with Crippen molar-refractivity contribution in [2.24, 2.45) is 5.92 Å². The largest absolute Gasteiger partial charge is 0.345 e. The molecule has 0 aromatic carbocycles. The number of urea groups is 6. The summed E-state index contributed by atoms with van der Waals surface area (Å²) in [6, 6.07) is -2.80. The molecule has 0 unspecified atom stereocenters. The predicted octanol–water partition coefficient (Wildman–Crippen LogP) is -0.0763. The van der Waals surface area contributed by atoms with Gasteiger partial charge in [-0.3, -0.25) is 86.8 Å². The van der Waals surface area contributed by atoms with Gasteiger partial charge < -0.3 is 53.9 Å². The van der Waals surface area contributed by atoms with Gasteiger partial charge in [-0.25, -0.2) is 61.6 Å². The first-order chi connectivity index (χ1) is 61.7. The van der Waals surface area contributed by atoms with E-state index in [0.717, 1.165) is 136 Å². The maximum atomic E-state index is 12.3. The molecule has 12 bridgehead atoms. The fourth-order valence-electron chi connectivity index (χ4n) is 20.0. The third-order valence-corrected chi connectivity index (χ3v) is 27.6. The Kier molecular flexibility index (Phi) is 36.1. The molecule has 0 spiro atoms. The Hall–Kier alpha value is -8.24. The highest BCUT2D eigenvalue weighted by atomic mass is 16.7. The van der Waals surface area contributed by atoms with Crippen molar-refractivity contribution in [2.75, 3.05) is 196 Å². The Labute approximate surface area is 748 Å². The SMILES string of the molecule is CCCCCONC(=O)[C@@H]1CC[C@@H]2CN1C(=O)N2OC.CON1C(=O)N2C[C@H]1CC[C@H]2C(=O)NOCC1CN(C)C1.CON1C(=O)N2C[C@H]1CC[C@H]2C(=O)NOC[C@@H]1CCCCN1C.CON1C(=O)N2C[C@H]1CC[C@H]2C(=O)NOC[C@@H]1CCN1C.CON1C(=O)N2C[C@H]1CC[C@H]2C(=O)NOC[C@H]1CCCN1C.CON1C(=O)N2C[C@H]1CC[C@H]2C(=O)NO[C@H]1CCN(C)C1. The van der Waals surface area contributed by atoms with E-state index in [1.54, 1.807) is 29.4 Å². The number of unbranched alkanes of at least 4 members (excludes halogenated alkanes) is 2. The van der Waals surface area contributed by atoms with E-state index in [4.69, 9.17) is 58.1 Å². The number of likely N-dealkylation sites (tertiary alicyclic amines) is 5. The fourth-order valence-corrected chi connectivity index (χ4v) is 20.0. The smallest absolute Gasteiger partial charge is 0.309 e. The number of carbonyl (C=O) groups is 12. The summed E-state index contributed by atoms with van der Waals surface area (Å²) in [6.45, 7) is 14.8. The summed E-state index contributed by atoms with van der Waals surface area (Å²) < 4.78 is 0. The molecule has 0 aromatic rings. The van der Waals surface area contributed by atoms with Gasteiger partial charge in [0.1, 0.15) is 36.3 Å². The van der Waals surface area contributed by atoms with Crippen LogP contribution in [0.5, 0.6) is 0 Å². The molecule has 16 atom stereocenters. The highest BCUT2D eigenvalue weighted by molar-refractivity contribution is 5.92. The van der Waals surface area contributed by atoms with Crippen molar-refractivity contribution in [1.29, 1.82) is 0 Å². The van der Waals surface area contributed by atoms with E-state index in [1.807, 2.05) is 21.1 Å². The zero-order chi connectivity index (χ0) is 91.6. The molecule has 0 saturated carbocycles. The number of nitrogens with zero attached hydrogens (tertiary/aromatic N) is 17. The van der Waals surface area contributed by atoms with Gasteiger partial charge in [-0.2, -0.15) is 30.4 Å². The molecular weight excluding hydrogens is 1680 g/mol. The molecule has 6 N–H and O–H groups in total. The van der Waals surface area contributed by atoms with Gasteiger partial charge in [0, 0.05) is 89.5 Å². The van der Waals surface area contributed by atoms with Crippen molar-refractivity contribution in [3.63, 3.8) is 0 Å². The van der Waals surface area contributed by atoms with E-state index in [2.05, 4.69) is 78.4 Å². The van der Waals surface area contributed by atoms with Gasteiger partial charge in [-0.15, -0.1) is 0 Å². The van der Waals surface area contributed by atoms with Crippen LogP contribution in [-0.2, 0) is 86.8 Å². The van der Waals surface area contributed by atoms with E-state index in [9.17, 15) is 57.5 Å². The van der Waals surface area contributed by atoms with Gasteiger partial charge >= 0.3 is 36.2 Å². The topological polar surface area (TPSA) is 443 Å². The van der Waals surface area contributed by atoms with Crippen LogP contribution in [0, 0.1) is 5.92 Å². The van der Waals surface area contributed by atoms with E-state index >= 15 is 0 Å². The second kappa shape index (κ2) is 46.7. The first-order valence-electron chi connectivity index (χ1n) is 45.6. The number of piperidine rings is 7. The molecule has 17 fully saturated rings. The average Bonchev–Trinajstić information content (AvgIpc) is 1.66. The van der Waals surface area contributed by atoms with E-state index in [1.165, 1.54) is 85.9 Å². The molecule has 47 nitrogen and oxygen atoms in total. The lowest BCUT2D eigenvalue weighted by atomic mass is 10.0. The van der Waals surface area contributed by atoms with Gasteiger partial charge in [-0.1, -0.05) is 26.2 Å². The quantitative estimate of drug-likeness (QED) is 0.0391. The van der Waals surface area contributed by atoms with Gasteiger partial charge in [0.25, 0.3) is 35.4 Å². The molecular formula is C81H139N23O24. The highest BCUT2D eigenvalue weighted by Crippen LogP contribution is 2.37. The second-order valence-corrected chi connectivity index (χ2v) is 35.9. The van der Waals surface area contributed by atoms with E-state index in [-0.39, 0.29) is 114 Å². The minimum Gasteiger partial charge on any atom is -0.309 e. The number of fused-ring (bicyclic) bond motifs is 12. The fraction of sp³-hybridized carbons (Fsp3) is 0.852.